The molecule has 5 fully saturated rings. The van der Waals surface area contributed by atoms with Crippen molar-refractivity contribution in [1.29, 1.82) is 0 Å². The smallest absolute Gasteiger partial charge is 0.317 e. The van der Waals surface area contributed by atoms with Gasteiger partial charge in [-0.15, -0.1) is 0 Å². The van der Waals surface area contributed by atoms with Gasteiger partial charge >= 0.3 is 6.03 Å². The van der Waals surface area contributed by atoms with E-state index in [-0.39, 0.29) is 18.2 Å². The van der Waals surface area contributed by atoms with Crippen molar-refractivity contribution in [3.63, 3.8) is 0 Å². The average Bonchev–Trinajstić information content (AvgIpc) is 3.35. The van der Waals surface area contributed by atoms with Crippen LogP contribution in [0.1, 0.15) is 44.9 Å². The summed E-state index contributed by atoms with van der Waals surface area (Å²) in [6, 6.07) is 1.21. The van der Waals surface area contributed by atoms with Gasteiger partial charge in [-0.2, -0.15) is 0 Å². The predicted octanol–water partition coefficient (Wildman–Crippen LogP) is 1.82. The first-order valence-corrected chi connectivity index (χ1v) is 9.71. The maximum Gasteiger partial charge on any atom is 0.317 e. The fraction of sp³-hybridized carbons (Fsp3) is 0.944. The van der Waals surface area contributed by atoms with Crippen LogP contribution >= 0.6 is 0 Å². The highest BCUT2D eigenvalue weighted by atomic mass is 16.5. The molecule has 0 unspecified atom stereocenters. The van der Waals surface area contributed by atoms with E-state index in [0.717, 1.165) is 56.9 Å². The molecule has 5 heteroatoms. The Bertz CT molecular complexity index is 477. The Kier molecular flexibility index (Phi) is 3.55. The second kappa shape index (κ2) is 5.62. The lowest BCUT2D eigenvalue weighted by atomic mass is 9.93. The van der Waals surface area contributed by atoms with Crippen molar-refractivity contribution in [1.82, 2.24) is 15.1 Å². The molecule has 4 bridgehead atoms. The first-order valence-electron chi connectivity index (χ1n) is 9.71. The Morgan fingerprint density at radius 2 is 1.83 bits per heavy atom. The lowest BCUT2D eigenvalue weighted by Crippen LogP contribution is -2.56. The van der Waals surface area contributed by atoms with E-state index in [9.17, 15) is 4.79 Å². The highest BCUT2D eigenvalue weighted by molar-refractivity contribution is 5.74. The van der Waals surface area contributed by atoms with Crippen LogP contribution in [0, 0.1) is 11.8 Å². The van der Waals surface area contributed by atoms with Crippen LogP contribution in [0.25, 0.3) is 0 Å². The quantitative estimate of drug-likeness (QED) is 0.844. The number of carbonyl (C=O) groups excluding carboxylic acids is 1. The highest BCUT2D eigenvalue weighted by Gasteiger charge is 2.44. The Balaban J connectivity index is 1.12. The SMILES string of the molecule is O=C(N[C@H]1C[C@H]2CC[C@H]1O2)N1CCN([C@H]2C[C@H]3CC[C@H]2C3)CC1. The Morgan fingerprint density at radius 1 is 0.957 bits per heavy atom. The summed E-state index contributed by atoms with van der Waals surface area (Å²) in [5.41, 5.74) is 0. The summed E-state index contributed by atoms with van der Waals surface area (Å²) < 4.78 is 5.84. The van der Waals surface area contributed by atoms with Crippen LogP contribution in [0.3, 0.4) is 0 Å². The van der Waals surface area contributed by atoms with Gasteiger partial charge < -0.3 is 15.0 Å². The van der Waals surface area contributed by atoms with Crippen molar-refractivity contribution in [3.05, 3.63) is 0 Å². The van der Waals surface area contributed by atoms with E-state index in [1.807, 2.05) is 4.90 Å². The van der Waals surface area contributed by atoms with E-state index in [0.29, 0.717) is 6.10 Å². The maximum absolute atomic E-state index is 12.5. The van der Waals surface area contributed by atoms with Crippen molar-refractivity contribution >= 4 is 6.03 Å². The first kappa shape index (κ1) is 14.5. The summed E-state index contributed by atoms with van der Waals surface area (Å²) in [7, 11) is 0. The van der Waals surface area contributed by atoms with Crippen molar-refractivity contribution in [2.24, 2.45) is 11.8 Å². The summed E-state index contributed by atoms with van der Waals surface area (Å²) in [4.78, 5) is 17.2. The number of urea groups is 1. The van der Waals surface area contributed by atoms with Gasteiger partial charge in [0.05, 0.1) is 18.2 Å². The number of hydrogen-bond acceptors (Lipinski definition) is 3. The molecule has 5 rings (SSSR count). The lowest BCUT2D eigenvalue weighted by molar-refractivity contribution is 0.0783. The molecule has 2 amide bonds. The van der Waals surface area contributed by atoms with Crippen molar-refractivity contribution in [2.45, 2.75) is 69.2 Å². The molecule has 5 nitrogen and oxygen atoms in total. The normalized spacial score (nSPS) is 45.8. The third kappa shape index (κ3) is 2.56. The number of hydrogen-bond donors (Lipinski definition) is 1. The molecule has 128 valence electrons. The predicted molar refractivity (Wildman–Crippen MR) is 87.2 cm³/mol. The molecule has 0 aromatic heterocycles. The molecule has 3 aliphatic heterocycles. The van der Waals surface area contributed by atoms with Crippen LogP contribution < -0.4 is 5.32 Å². The largest absolute Gasteiger partial charge is 0.373 e. The zero-order valence-electron chi connectivity index (χ0n) is 14.0. The summed E-state index contributed by atoms with van der Waals surface area (Å²) in [6.45, 7) is 3.91. The van der Waals surface area contributed by atoms with Gasteiger partial charge in [0, 0.05) is 32.2 Å². The van der Waals surface area contributed by atoms with Crippen LogP contribution in [-0.2, 0) is 4.74 Å². The van der Waals surface area contributed by atoms with E-state index in [4.69, 9.17) is 4.74 Å². The van der Waals surface area contributed by atoms with Gasteiger partial charge in [-0.05, 0) is 50.4 Å². The highest BCUT2D eigenvalue weighted by Crippen LogP contribution is 2.46. The summed E-state index contributed by atoms with van der Waals surface area (Å²) in [5, 5.41) is 3.23. The van der Waals surface area contributed by atoms with Gasteiger partial charge in [-0.3, -0.25) is 4.90 Å². The fourth-order valence-corrected chi connectivity index (χ4v) is 5.95. The van der Waals surface area contributed by atoms with Crippen LogP contribution in [0.15, 0.2) is 0 Å². The summed E-state index contributed by atoms with van der Waals surface area (Å²) in [6.07, 6.45) is 9.79. The third-order valence-electron chi connectivity index (χ3n) is 7.19. The van der Waals surface area contributed by atoms with Crippen LogP contribution in [-0.4, -0.2) is 66.3 Å². The zero-order valence-corrected chi connectivity index (χ0v) is 14.0. The molecule has 3 heterocycles. The van der Waals surface area contributed by atoms with Crippen LogP contribution in [0.5, 0.6) is 0 Å². The molecule has 6 atom stereocenters. The van der Waals surface area contributed by atoms with Crippen LogP contribution in [0.4, 0.5) is 4.79 Å². The third-order valence-corrected chi connectivity index (χ3v) is 7.19. The number of carbonyl (C=O) groups is 1. The number of ether oxygens (including phenoxy) is 1. The minimum Gasteiger partial charge on any atom is -0.373 e. The molecule has 0 spiro atoms. The molecule has 0 aromatic rings. The minimum absolute atomic E-state index is 0.138. The number of nitrogens with zero attached hydrogens (tertiary/aromatic N) is 2. The molecule has 2 saturated carbocycles. The second-order valence-corrected chi connectivity index (χ2v) is 8.43. The number of amides is 2. The van der Waals surface area contributed by atoms with E-state index >= 15 is 0 Å². The number of piperazine rings is 1. The van der Waals surface area contributed by atoms with Crippen molar-refractivity contribution in [2.75, 3.05) is 26.2 Å². The molecular formula is C18H29N3O2. The van der Waals surface area contributed by atoms with Gasteiger partial charge in [0.25, 0.3) is 0 Å². The maximum atomic E-state index is 12.5. The average molecular weight is 319 g/mol. The summed E-state index contributed by atoms with van der Waals surface area (Å²) in [5.74, 6) is 1.95. The van der Waals surface area contributed by atoms with E-state index in [1.165, 1.54) is 32.1 Å². The molecule has 23 heavy (non-hydrogen) atoms. The summed E-state index contributed by atoms with van der Waals surface area (Å²) >= 11 is 0. The van der Waals surface area contributed by atoms with Crippen molar-refractivity contribution in [3.8, 4) is 0 Å². The first-order chi connectivity index (χ1) is 11.3. The van der Waals surface area contributed by atoms with Crippen LogP contribution in [0.2, 0.25) is 0 Å². The van der Waals surface area contributed by atoms with Crippen molar-refractivity contribution < 1.29 is 9.53 Å². The number of fused-ring (bicyclic) bond motifs is 4. The fourth-order valence-electron chi connectivity index (χ4n) is 5.95. The van der Waals surface area contributed by atoms with Gasteiger partial charge in [0.1, 0.15) is 0 Å². The Labute approximate surface area is 138 Å². The number of rotatable bonds is 2. The molecule has 3 saturated heterocycles. The topological polar surface area (TPSA) is 44.8 Å². The van der Waals surface area contributed by atoms with Gasteiger partial charge in [0.2, 0.25) is 0 Å². The standard InChI is InChI=1S/C18H29N3O2/c22-18(19-15-11-14-3-4-17(15)23-14)21-7-5-20(6-8-21)16-10-12-1-2-13(16)9-12/h12-17H,1-11H2,(H,19,22)/t12-,13-,14+,15-,16-,17+/m0/s1. The Morgan fingerprint density at radius 3 is 2.43 bits per heavy atom. The molecule has 0 radical (unpaired) electrons. The van der Waals surface area contributed by atoms with E-state index in [1.54, 1.807) is 0 Å². The number of nitrogens with one attached hydrogen (secondary N) is 1. The Hall–Kier alpha value is -0.810. The zero-order chi connectivity index (χ0) is 15.4. The van der Waals surface area contributed by atoms with E-state index < -0.39 is 0 Å². The molecule has 5 aliphatic rings. The van der Waals surface area contributed by atoms with E-state index in [2.05, 4.69) is 10.2 Å². The van der Waals surface area contributed by atoms with Gasteiger partial charge in [0.15, 0.2) is 0 Å². The lowest BCUT2D eigenvalue weighted by Gasteiger charge is -2.41. The van der Waals surface area contributed by atoms with Gasteiger partial charge in [-0.25, -0.2) is 4.79 Å². The monoisotopic (exact) mass is 319 g/mol. The molecule has 2 aliphatic carbocycles. The molecular weight excluding hydrogens is 290 g/mol. The molecule has 0 aromatic carbocycles. The second-order valence-electron chi connectivity index (χ2n) is 8.43. The minimum atomic E-state index is 0.138. The van der Waals surface area contributed by atoms with Gasteiger partial charge in [-0.1, -0.05) is 6.42 Å². The molecule has 1 N–H and O–H groups in total.